The van der Waals surface area contributed by atoms with Gasteiger partial charge in [-0.25, -0.2) is 4.79 Å². The average Bonchev–Trinajstić information content (AvgIpc) is 3.32. The molecule has 4 aromatic rings. The monoisotopic (exact) mass is 572 g/mol. The smallest absolute Gasteiger partial charge is 0.342 e. The van der Waals surface area contributed by atoms with E-state index in [0.717, 1.165) is 21.8 Å². The summed E-state index contributed by atoms with van der Waals surface area (Å²) in [5.74, 6) is 0.0410. The van der Waals surface area contributed by atoms with Crippen LogP contribution in [0.2, 0.25) is 5.02 Å². The number of rotatable bonds is 9. The van der Waals surface area contributed by atoms with Gasteiger partial charge in [-0.05, 0) is 59.8 Å². The minimum atomic E-state index is -1.15. The number of methoxy groups -OCH3 is 1. The van der Waals surface area contributed by atoms with E-state index in [9.17, 15) is 9.90 Å². The molecule has 1 N–H and O–H groups in total. The highest BCUT2D eigenvalue weighted by Gasteiger charge is 2.19. The highest BCUT2D eigenvalue weighted by molar-refractivity contribution is 9.10. The van der Waals surface area contributed by atoms with E-state index in [1.807, 2.05) is 36.4 Å². The zero-order valence-corrected chi connectivity index (χ0v) is 21.4. The lowest BCUT2D eigenvalue weighted by molar-refractivity contribution is -0.131. The van der Waals surface area contributed by atoms with E-state index >= 15 is 0 Å². The van der Waals surface area contributed by atoms with Crippen molar-refractivity contribution in [2.45, 2.75) is 11.8 Å². The lowest BCUT2D eigenvalue weighted by Crippen LogP contribution is -1.99. The van der Waals surface area contributed by atoms with Crippen LogP contribution >= 0.6 is 39.3 Å². The van der Waals surface area contributed by atoms with E-state index in [2.05, 4.69) is 26.1 Å². The summed E-state index contributed by atoms with van der Waals surface area (Å²) in [4.78, 5) is 12.0. The topological polar surface area (TPSA) is 94.7 Å². The van der Waals surface area contributed by atoms with Crippen LogP contribution in [-0.4, -0.2) is 28.4 Å². The number of aliphatic carboxylic acids is 1. The Hall–Kier alpha value is -3.27. The predicted octanol–water partition coefficient (Wildman–Crippen LogP) is 6.96. The van der Waals surface area contributed by atoms with Crippen LogP contribution in [0.1, 0.15) is 11.1 Å². The van der Waals surface area contributed by atoms with Gasteiger partial charge in [-0.2, -0.15) is 0 Å². The largest absolute Gasteiger partial charge is 0.496 e. The number of thioether (sulfide) groups is 1. The number of carboxylic acid groups (broad SMARTS) is 1. The Labute approximate surface area is 218 Å². The molecule has 0 fully saturated rings. The molecule has 0 saturated heterocycles. The Morgan fingerprint density at radius 2 is 1.89 bits per heavy atom. The van der Waals surface area contributed by atoms with Gasteiger partial charge < -0.3 is 19.0 Å². The molecule has 35 heavy (non-hydrogen) atoms. The highest BCUT2D eigenvalue weighted by atomic mass is 79.9. The summed E-state index contributed by atoms with van der Waals surface area (Å²) in [5, 5.41) is 18.4. The van der Waals surface area contributed by atoms with Gasteiger partial charge in [-0.3, -0.25) is 0 Å². The molecule has 4 rings (SSSR count). The van der Waals surface area contributed by atoms with Crippen molar-refractivity contribution in [1.29, 1.82) is 0 Å². The van der Waals surface area contributed by atoms with E-state index in [1.54, 1.807) is 30.3 Å². The maximum absolute atomic E-state index is 12.0. The Balaban J connectivity index is 1.60. The van der Waals surface area contributed by atoms with Crippen LogP contribution in [0.15, 0.2) is 85.7 Å². The molecule has 3 aromatic carbocycles. The minimum Gasteiger partial charge on any atom is -0.496 e. The molecule has 0 aliphatic carbocycles. The number of hydrogen-bond acceptors (Lipinski definition) is 7. The van der Waals surface area contributed by atoms with Crippen LogP contribution in [0.5, 0.6) is 11.5 Å². The SMILES string of the molecule is COc1ccc(Cl)cc1-c1nnc(S/C(=C\c2cc(Br)ccc2OCc2ccccc2)C(=O)O)o1. The summed E-state index contributed by atoms with van der Waals surface area (Å²) < 4.78 is 17.8. The Bertz CT molecular complexity index is 1380. The second kappa shape index (κ2) is 11.4. The zero-order valence-electron chi connectivity index (χ0n) is 18.3. The first-order valence-corrected chi connectivity index (χ1v) is 12.2. The van der Waals surface area contributed by atoms with E-state index in [0.29, 0.717) is 34.3 Å². The van der Waals surface area contributed by atoms with Crippen molar-refractivity contribution >= 4 is 51.3 Å². The number of benzene rings is 3. The number of hydrogen-bond donors (Lipinski definition) is 1. The quantitative estimate of drug-likeness (QED) is 0.170. The van der Waals surface area contributed by atoms with Crippen LogP contribution in [0, 0.1) is 0 Å². The van der Waals surface area contributed by atoms with E-state index in [1.165, 1.54) is 13.2 Å². The van der Waals surface area contributed by atoms with Gasteiger partial charge in [0.1, 0.15) is 23.0 Å². The Kier molecular flexibility index (Phi) is 8.12. The molecule has 1 aromatic heterocycles. The van der Waals surface area contributed by atoms with Gasteiger partial charge in [0.05, 0.1) is 12.7 Å². The standard InChI is InChI=1S/C25H18BrClN2O5S/c1-32-21-10-8-18(27)13-19(21)23-28-29-25(34-23)35-22(24(30)31)12-16-11-17(26)7-9-20(16)33-14-15-5-3-2-4-6-15/h2-13H,14H2,1H3,(H,30,31)/b22-12-. The Morgan fingerprint density at radius 3 is 2.63 bits per heavy atom. The van der Waals surface area contributed by atoms with Crippen molar-refractivity contribution in [2.24, 2.45) is 0 Å². The summed E-state index contributed by atoms with van der Waals surface area (Å²) in [6, 6.07) is 20.1. The molecule has 7 nitrogen and oxygen atoms in total. The van der Waals surface area contributed by atoms with Crippen LogP contribution in [0.3, 0.4) is 0 Å². The van der Waals surface area contributed by atoms with Crippen molar-refractivity contribution in [3.63, 3.8) is 0 Å². The molecule has 0 aliphatic rings. The molecule has 0 saturated carbocycles. The summed E-state index contributed by atoms with van der Waals surface area (Å²) in [6.45, 7) is 0.341. The van der Waals surface area contributed by atoms with Gasteiger partial charge in [0.15, 0.2) is 0 Å². The molecule has 0 radical (unpaired) electrons. The third-order valence-corrected chi connectivity index (χ3v) is 6.28. The molecular weight excluding hydrogens is 556 g/mol. The van der Waals surface area contributed by atoms with Gasteiger partial charge >= 0.3 is 5.97 Å². The third-order valence-electron chi connectivity index (χ3n) is 4.70. The maximum atomic E-state index is 12.0. The van der Waals surface area contributed by atoms with Crippen molar-refractivity contribution in [1.82, 2.24) is 10.2 Å². The Morgan fingerprint density at radius 1 is 1.11 bits per heavy atom. The average molecular weight is 574 g/mol. The molecule has 0 unspecified atom stereocenters. The van der Waals surface area contributed by atoms with Crippen LogP contribution in [0.4, 0.5) is 0 Å². The maximum Gasteiger partial charge on any atom is 0.342 e. The van der Waals surface area contributed by atoms with E-state index < -0.39 is 5.97 Å². The molecule has 0 spiro atoms. The third kappa shape index (κ3) is 6.45. The zero-order chi connectivity index (χ0) is 24.8. The van der Waals surface area contributed by atoms with Crippen molar-refractivity contribution in [2.75, 3.05) is 7.11 Å². The molecule has 1 heterocycles. The highest BCUT2D eigenvalue weighted by Crippen LogP contribution is 2.36. The molecule has 0 aliphatic heterocycles. The fourth-order valence-electron chi connectivity index (χ4n) is 3.08. The number of ether oxygens (including phenoxy) is 2. The number of nitrogens with zero attached hydrogens (tertiary/aromatic N) is 2. The number of carbonyl (C=O) groups is 1. The van der Waals surface area contributed by atoms with Gasteiger partial charge in [0.25, 0.3) is 11.1 Å². The van der Waals surface area contributed by atoms with Gasteiger partial charge in [-0.1, -0.05) is 57.9 Å². The summed E-state index contributed by atoms with van der Waals surface area (Å²) >= 11 is 10.3. The minimum absolute atomic E-state index is 0.0269. The lowest BCUT2D eigenvalue weighted by atomic mass is 10.2. The van der Waals surface area contributed by atoms with E-state index in [-0.39, 0.29) is 16.0 Å². The summed E-state index contributed by atoms with van der Waals surface area (Å²) in [5.41, 5.74) is 2.08. The normalized spacial score (nSPS) is 11.3. The molecule has 0 amide bonds. The number of aromatic nitrogens is 2. The molecule has 10 heteroatoms. The van der Waals surface area contributed by atoms with Crippen LogP contribution in [-0.2, 0) is 11.4 Å². The summed E-state index contributed by atoms with van der Waals surface area (Å²) in [7, 11) is 1.51. The fourth-order valence-corrected chi connectivity index (χ4v) is 4.29. The van der Waals surface area contributed by atoms with Crippen LogP contribution < -0.4 is 9.47 Å². The number of carboxylic acids is 1. The van der Waals surface area contributed by atoms with Crippen molar-refractivity contribution in [3.05, 3.63) is 92.3 Å². The predicted molar refractivity (Wildman–Crippen MR) is 138 cm³/mol. The first kappa shape index (κ1) is 24.8. The van der Waals surface area contributed by atoms with Gasteiger partial charge in [-0.15, -0.1) is 10.2 Å². The first-order valence-electron chi connectivity index (χ1n) is 10.2. The molecule has 0 bridgehead atoms. The second-order valence-electron chi connectivity index (χ2n) is 7.09. The van der Waals surface area contributed by atoms with Gasteiger partial charge in [0.2, 0.25) is 0 Å². The van der Waals surface area contributed by atoms with Crippen LogP contribution in [0.25, 0.3) is 17.5 Å². The van der Waals surface area contributed by atoms with Crippen molar-refractivity contribution < 1.29 is 23.8 Å². The molecular formula is C25H18BrClN2O5S. The first-order chi connectivity index (χ1) is 16.9. The van der Waals surface area contributed by atoms with Gasteiger partial charge in [0, 0.05) is 15.1 Å². The number of halogens is 2. The van der Waals surface area contributed by atoms with E-state index in [4.69, 9.17) is 25.5 Å². The fraction of sp³-hybridized carbons (Fsp3) is 0.0800. The second-order valence-corrected chi connectivity index (χ2v) is 9.44. The lowest BCUT2D eigenvalue weighted by Gasteiger charge is -2.11. The van der Waals surface area contributed by atoms with Crippen molar-refractivity contribution in [3.8, 4) is 23.0 Å². The summed E-state index contributed by atoms with van der Waals surface area (Å²) in [6.07, 6.45) is 1.50. The molecule has 178 valence electrons. The molecule has 0 atom stereocenters.